The van der Waals surface area contributed by atoms with Gasteiger partial charge in [0.25, 0.3) is 5.91 Å². The van der Waals surface area contributed by atoms with E-state index >= 15 is 0 Å². The maximum Gasteiger partial charge on any atom is 0.291 e. The molecule has 2 aromatic carbocycles. The van der Waals surface area contributed by atoms with Gasteiger partial charge in [-0.3, -0.25) is 9.59 Å². The first kappa shape index (κ1) is 20.2. The lowest BCUT2D eigenvalue weighted by Crippen LogP contribution is -2.23. The van der Waals surface area contributed by atoms with Gasteiger partial charge in [-0.25, -0.2) is 0 Å². The molecule has 0 spiro atoms. The first-order chi connectivity index (χ1) is 15.2. The van der Waals surface area contributed by atoms with E-state index in [9.17, 15) is 9.59 Å². The van der Waals surface area contributed by atoms with E-state index in [4.69, 9.17) is 8.83 Å². The van der Waals surface area contributed by atoms with Gasteiger partial charge < -0.3 is 19.5 Å². The average molecular weight is 414 g/mol. The molecule has 6 heteroatoms. The van der Waals surface area contributed by atoms with E-state index in [1.165, 1.54) is 6.26 Å². The van der Waals surface area contributed by atoms with Gasteiger partial charge >= 0.3 is 0 Å². The van der Waals surface area contributed by atoms with Gasteiger partial charge in [-0.15, -0.1) is 0 Å². The third kappa shape index (κ3) is 5.51. The summed E-state index contributed by atoms with van der Waals surface area (Å²) in [6.45, 7) is 0.372. The highest BCUT2D eigenvalue weighted by Crippen LogP contribution is 2.22. The molecule has 0 radical (unpaired) electrons. The second kappa shape index (κ2) is 9.63. The van der Waals surface area contributed by atoms with Crippen LogP contribution in [0.15, 0.2) is 94.0 Å². The highest BCUT2D eigenvalue weighted by atomic mass is 16.3. The summed E-state index contributed by atoms with van der Waals surface area (Å²) in [6, 6.07) is 24.3. The monoisotopic (exact) mass is 414 g/mol. The molecule has 156 valence electrons. The van der Waals surface area contributed by atoms with Crippen LogP contribution in [0.3, 0.4) is 0 Å². The van der Waals surface area contributed by atoms with Crippen molar-refractivity contribution in [1.82, 2.24) is 5.32 Å². The second-order valence-electron chi connectivity index (χ2n) is 7.04. The summed E-state index contributed by atoms with van der Waals surface area (Å²) < 4.78 is 10.9. The number of hydrogen-bond donors (Lipinski definition) is 2. The van der Waals surface area contributed by atoms with E-state index in [1.807, 2.05) is 60.7 Å². The van der Waals surface area contributed by atoms with Crippen LogP contribution in [0.2, 0.25) is 0 Å². The third-order valence-corrected chi connectivity index (χ3v) is 4.74. The molecule has 0 saturated heterocycles. The molecule has 0 aliphatic rings. The molecule has 31 heavy (non-hydrogen) atoms. The van der Waals surface area contributed by atoms with Crippen LogP contribution in [0.1, 0.15) is 28.3 Å². The lowest BCUT2D eigenvalue weighted by Gasteiger charge is -2.08. The predicted octanol–water partition coefficient (Wildman–Crippen LogP) is 5.04. The first-order valence-electron chi connectivity index (χ1n) is 10.0. The zero-order chi connectivity index (χ0) is 21.5. The van der Waals surface area contributed by atoms with E-state index in [0.717, 1.165) is 22.6 Å². The normalized spacial score (nSPS) is 10.6. The number of rotatable bonds is 8. The van der Waals surface area contributed by atoms with E-state index in [1.54, 1.807) is 18.2 Å². The maximum atomic E-state index is 12.2. The van der Waals surface area contributed by atoms with Crippen molar-refractivity contribution in [3.8, 4) is 11.3 Å². The second-order valence-corrected chi connectivity index (χ2v) is 7.04. The molecule has 0 fully saturated rings. The minimum atomic E-state index is -0.320. The minimum Gasteiger partial charge on any atom is -0.461 e. The maximum absolute atomic E-state index is 12.2. The summed E-state index contributed by atoms with van der Waals surface area (Å²) >= 11 is 0. The van der Waals surface area contributed by atoms with Crippen LogP contribution in [-0.4, -0.2) is 11.8 Å². The van der Waals surface area contributed by atoms with Gasteiger partial charge in [0.05, 0.1) is 6.26 Å². The summed E-state index contributed by atoms with van der Waals surface area (Å²) in [6.07, 6.45) is 2.31. The Morgan fingerprint density at radius 2 is 1.74 bits per heavy atom. The van der Waals surface area contributed by atoms with Gasteiger partial charge in [-0.05, 0) is 42.0 Å². The highest BCUT2D eigenvalue weighted by Gasteiger charge is 2.10. The molecule has 2 amide bonds. The molecule has 0 saturated carbocycles. The minimum absolute atomic E-state index is 0.0670. The van der Waals surface area contributed by atoms with Gasteiger partial charge in [0.2, 0.25) is 5.91 Å². The Bertz CT molecular complexity index is 1150. The van der Waals surface area contributed by atoms with Gasteiger partial charge in [0.1, 0.15) is 11.5 Å². The first-order valence-corrected chi connectivity index (χ1v) is 10.0. The van der Waals surface area contributed by atoms with Crippen molar-refractivity contribution >= 4 is 17.5 Å². The molecular formula is C25H22N2O4. The standard InChI is InChI=1S/C25H22N2O4/c28-24(14-12-21-11-13-22(31-21)19-7-2-1-3-8-19)26-17-18-6-4-9-20(16-18)27-25(29)23-10-5-15-30-23/h1-11,13,15-16H,12,14,17H2,(H,26,28)(H,27,29). The van der Waals surface area contributed by atoms with Crippen molar-refractivity contribution in [3.05, 3.63) is 102 Å². The van der Waals surface area contributed by atoms with Crippen LogP contribution in [0.5, 0.6) is 0 Å². The smallest absolute Gasteiger partial charge is 0.291 e. The summed E-state index contributed by atoms with van der Waals surface area (Å²) in [5, 5.41) is 5.68. The zero-order valence-corrected chi connectivity index (χ0v) is 16.8. The number of carbonyl (C=O) groups is 2. The van der Waals surface area contributed by atoms with Crippen molar-refractivity contribution in [2.75, 3.05) is 5.32 Å². The van der Waals surface area contributed by atoms with Crippen molar-refractivity contribution in [2.24, 2.45) is 0 Å². The Kier molecular flexibility index (Phi) is 6.28. The van der Waals surface area contributed by atoms with Crippen LogP contribution in [-0.2, 0) is 17.8 Å². The Balaban J connectivity index is 1.25. The average Bonchev–Trinajstić information content (AvgIpc) is 3.50. The van der Waals surface area contributed by atoms with E-state index in [-0.39, 0.29) is 17.6 Å². The molecule has 0 aliphatic heterocycles. The van der Waals surface area contributed by atoms with Crippen molar-refractivity contribution < 1.29 is 18.4 Å². The molecule has 4 aromatic rings. The molecule has 0 aliphatic carbocycles. The lowest BCUT2D eigenvalue weighted by molar-refractivity contribution is -0.121. The predicted molar refractivity (Wildman–Crippen MR) is 117 cm³/mol. The Hall–Kier alpha value is -4.06. The molecule has 2 heterocycles. The molecule has 2 N–H and O–H groups in total. The summed E-state index contributed by atoms with van der Waals surface area (Å²) in [5.74, 6) is 1.43. The quantitative estimate of drug-likeness (QED) is 0.423. The van der Waals surface area contributed by atoms with Gasteiger partial charge in [0.15, 0.2) is 5.76 Å². The summed E-state index contributed by atoms with van der Waals surface area (Å²) in [5.41, 5.74) is 2.53. The molecular weight excluding hydrogens is 392 g/mol. The summed E-state index contributed by atoms with van der Waals surface area (Å²) in [7, 11) is 0. The van der Waals surface area contributed by atoms with Crippen LogP contribution >= 0.6 is 0 Å². The van der Waals surface area contributed by atoms with E-state index in [0.29, 0.717) is 25.1 Å². The zero-order valence-electron chi connectivity index (χ0n) is 16.8. The fraction of sp³-hybridized carbons (Fsp3) is 0.120. The molecule has 0 unspecified atom stereocenters. The van der Waals surface area contributed by atoms with Gasteiger partial charge in [0, 0.05) is 30.6 Å². The number of nitrogens with one attached hydrogen (secondary N) is 2. The van der Waals surface area contributed by atoms with Gasteiger partial charge in [-0.2, -0.15) is 0 Å². The third-order valence-electron chi connectivity index (χ3n) is 4.74. The van der Waals surface area contributed by atoms with Crippen LogP contribution in [0.25, 0.3) is 11.3 Å². The van der Waals surface area contributed by atoms with Crippen LogP contribution < -0.4 is 10.6 Å². The fourth-order valence-corrected chi connectivity index (χ4v) is 3.16. The largest absolute Gasteiger partial charge is 0.461 e. The van der Waals surface area contributed by atoms with Crippen LogP contribution in [0, 0.1) is 0 Å². The number of benzene rings is 2. The highest BCUT2D eigenvalue weighted by molar-refractivity contribution is 6.02. The fourth-order valence-electron chi connectivity index (χ4n) is 3.16. The molecule has 4 rings (SSSR count). The molecule has 0 atom stereocenters. The Morgan fingerprint density at radius 3 is 2.55 bits per heavy atom. The number of amides is 2. The molecule has 2 aromatic heterocycles. The topological polar surface area (TPSA) is 84.5 Å². The van der Waals surface area contributed by atoms with Crippen molar-refractivity contribution in [3.63, 3.8) is 0 Å². The Labute approximate surface area is 179 Å². The lowest BCUT2D eigenvalue weighted by atomic mass is 10.2. The van der Waals surface area contributed by atoms with Crippen LogP contribution in [0.4, 0.5) is 5.69 Å². The number of hydrogen-bond acceptors (Lipinski definition) is 4. The number of carbonyl (C=O) groups excluding carboxylic acids is 2. The number of anilines is 1. The van der Waals surface area contributed by atoms with Crippen molar-refractivity contribution in [1.29, 1.82) is 0 Å². The van der Waals surface area contributed by atoms with Gasteiger partial charge in [-0.1, -0.05) is 42.5 Å². The molecule has 0 bridgehead atoms. The number of aryl methyl sites for hydroxylation is 1. The van der Waals surface area contributed by atoms with E-state index in [2.05, 4.69) is 10.6 Å². The SMILES string of the molecule is O=C(CCc1ccc(-c2ccccc2)o1)NCc1cccc(NC(=O)c2ccco2)c1. The van der Waals surface area contributed by atoms with Crippen molar-refractivity contribution in [2.45, 2.75) is 19.4 Å². The summed E-state index contributed by atoms with van der Waals surface area (Å²) in [4.78, 5) is 24.3. The van der Waals surface area contributed by atoms with E-state index < -0.39 is 0 Å². The Morgan fingerprint density at radius 1 is 0.871 bits per heavy atom. The molecule has 6 nitrogen and oxygen atoms in total. The number of furan rings is 2.